The molecule has 0 radical (unpaired) electrons. The molecule has 332 valence electrons. The van der Waals surface area contributed by atoms with E-state index < -0.39 is 83.6 Å². The van der Waals surface area contributed by atoms with E-state index in [1.54, 1.807) is 27.7 Å². The third-order valence-electron chi connectivity index (χ3n) is 12.7. The van der Waals surface area contributed by atoms with Gasteiger partial charge in [0.1, 0.15) is 18.3 Å². The summed E-state index contributed by atoms with van der Waals surface area (Å²) in [5.74, 6) is -4.56. The highest BCUT2D eigenvalue weighted by Crippen LogP contribution is 2.41. The molecule has 2 aliphatic rings. The molecule has 60 heavy (non-hydrogen) atoms. The largest absolute Gasteiger partial charge is 0.461 e. The summed E-state index contributed by atoms with van der Waals surface area (Å²) in [6.07, 6.45) is -6.26. The molecule has 4 rings (SSSR count). The lowest BCUT2D eigenvalue weighted by Gasteiger charge is -2.48. The number of rotatable bonds is 10. The van der Waals surface area contributed by atoms with E-state index in [4.69, 9.17) is 33.9 Å². The number of cyclic esters (lactones) is 1. The first-order chi connectivity index (χ1) is 28.2. The first-order valence-corrected chi connectivity index (χ1v) is 21.1. The smallest absolute Gasteiger partial charge is 0.312 e. The Kier molecular flexibility index (Phi) is 16.9. The van der Waals surface area contributed by atoms with Crippen LogP contribution in [0.5, 0.6) is 0 Å². The van der Waals surface area contributed by atoms with Crippen LogP contribution in [0.1, 0.15) is 94.1 Å². The van der Waals surface area contributed by atoms with Gasteiger partial charge in [-0.3, -0.25) is 9.59 Å². The number of aliphatic hydroxyl groups is 2. The van der Waals surface area contributed by atoms with Crippen LogP contribution in [0.2, 0.25) is 0 Å². The summed E-state index contributed by atoms with van der Waals surface area (Å²) < 4.78 is 31.5. The van der Waals surface area contributed by atoms with Gasteiger partial charge in [-0.05, 0) is 90.6 Å². The van der Waals surface area contributed by atoms with Gasteiger partial charge >= 0.3 is 11.9 Å². The Morgan fingerprint density at radius 3 is 2.12 bits per heavy atom. The molecule has 0 aliphatic carbocycles. The molecule has 0 saturated carbocycles. The number of likely N-dealkylation sites (N-methyl/N-ethyl adjacent to an activating group) is 1. The molecule has 0 bridgehead atoms. The average molecular weight is 837 g/mol. The highest BCUT2D eigenvalue weighted by molar-refractivity contribution is 6.00. The fraction of sp³-hybridized carbons (Fsp3) is 0.652. The topological polar surface area (TPSA) is 178 Å². The van der Waals surface area contributed by atoms with Crippen LogP contribution in [0.4, 0.5) is 0 Å². The van der Waals surface area contributed by atoms with E-state index in [9.17, 15) is 24.7 Å². The van der Waals surface area contributed by atoms with E-state index in [1.165, 1.54) is 21.0 Å². The maximum atomic E-state index is 14.1. The molecule has 2 aromatic carbocycles. The van der Waals surface area contributed by atoms with E-state index in [0.29, 0.717) is 17.8 Å². The standard InChI is InChI=1S/C46H68N4O10/c1-14-37-46(10,49-55)41(53)28(4)38(48-47-31(7)33-20-22-35(23-21-33)34-18-16-15-17-19-34)26(2)25-45(9,56-13)42(29(5)40(58-32(8)51)30(6)43(54)59-37)60-44-39(52)36(50(11)12)24-27(3)57-44/h15-23,26-30,36-37,39-42,44,52-53H,14,24-25H2,1-13H3. The van der Waals surface area contributed by atoms with Crippen LogP contribution < -0.4 is 0 Å². The molecule has 14 unspecified atom stereocenters. The summed E-state index contributed by atoms with van der Waals surface area (Å²) in [7, 11) is 5.30. The van der Waals surface area contributed by atoms with Crippen LogP contribution in [0.25, 0.3) is 11.1 Å². The van der Waals surface area contributed by atoms with Crippen LogP contribution in [-0.4, -0.2) is 120 Å². The highest BCUT2D eigenvalue weighted by Gasteiger charge is 2.53. The predicted octanol–water partition coefficient (Wildman–Crippen LogP) is 6.82. The van der Waals surface area contributed by atoms with Gasteiger partial charge in [-0.1, -0.05) is 87.5 Å². The molecule has 2 aliphatic heterocycles. The van der Waals surface area contributed by atoms with Gasteiger partial charge in [0.2, 0.25) is 0 Å². The fourth-order valence-electron chi connectivity index (χ4n) is 9.01. The second-order valence-electron chi connectivity index (χ2n) is 17.5. The van der Waals surface area contributed by atoms with Crippen LogP contribution in [0.3, 0.4) is 0 Å². The number of nitroso groups, excluding NO2 is 1. The van der Waals surface area contributed by atoms with Crippen molar-refractivity contribution < 1.29 is 43.5 Å². The third-order valence-corrected chi connectivity index (χ3v) is 12.7. The molecule has 2 N–H and O–H groups in total. The quantitative estimate of drug-likeness (QED) is 0.111. The van der Waals surface area contributed by atoms with Gasteiger partial charge in [0.15, 0.2) is 11.8 Å². The van der Waals surface area contributed by atoms with Crippen LogP contribution in [-0.2, 0) is 33.3 Å². The Hall–Kier alpha value is -3.92. The van der Waals surface area contributed by atoms with Gasteiger partial charge in [-0.15, -0.1) is 4.91 Å². The Morgan fingerprint density at radius 2 is 1.57 bits per heavy atom. The van der Waals surface area contributed by atoms with E-state index in [-0.39, 0.29) is 25.0 Å². The minimum Gasteiger partial charge on any atom is -0.461 e. The zero-order valence-electron chi connectivity index (χ0n) is 37.7. The van der Waals surface area contributed by atoms with E-state index in [0.717, 1.165) is 16.7 Å². The molecule has 0 aromatic heterocycles. The number of ether oxygens (including phenoxy) is 5. The predicted molar refractivity (Wildman–Crippen MR) is 231 cm³/mol. The van der Waals surface area contributed by atoms with Crippen LogP contribution in [0.15, 0.2) is 70.0 Å². The summed E-state index contributed by atoms with van der Waals surface area (Å²) in [6, 6.07) is 17.7. The molecule has 2 fully saturated rings. The number of hydrogen-bond donors (Lipinski definition) is 2. The number of methoxy groups -OCH3 is 1. The van der Waals surface area contributed by atoms with Crippen molar-refractivity contribution in [1.29, 1.82) is 0 Å². The molecular formula is C46H68N4O10. The Morgan fingerprint density at radius 1 is 0.950 bits per heavy atom. The van der Waals surface area contributed by atoms with Crippen molar-refractivity contribution in [2.24, 2.45) is 39.1 Å². The summed E-state index contributed by atoms with van der Waals surface area (Å²) in [4.78, 5) is 41.7. The molecular weight excluding hydrogens is 769 g/mol. The number of aliphatic hydroxyl groups excluding tert-OH is 2. The van der Waals surface area contributed by atoms with Crippen molar-refractivity contribution in [3.05, 3.63) is 65.1 Å². The number of carbonyl (C=O) groups excluding carboxylic acids is 2. The maximum Gasteiger partial charge on any atom is 0.312 e. The SMILES string of the molecule is CCC1OC(=O)C(C)C(OC(C)=O)C(C)C(OC2OC(C)CC(N(C)C)C2O)C(C)(OC)CC(C)C(=NN=C(C)c2ccc(-c3ccccc3)cc2)C(C)C(O)C1(C)N=O. The molecule has 0 spiro atoms. The number of nitrogens with zero attached hydrogens (tertiary/aromatic N) is 4. The lowest BCUT2D eigenvalue weighted by Crippen LogP contribution is -2.60. The number of carbonyl (C=O) groups is 2. The second kappa shape index (κ2) is 20.8. The van der Waals surface area contributed by atoms with Crippen LogP contribution in [0, 0.1) is 28.6 Å². The van der Waals surface area contributed by atoms with Crippen LogP contribution >= 0.6 is 0 Å². The Labute approximate surface area is 356 Å². The molecule has 14 atom stereocenters. The van der Waals surface area contributed by atoms with Gasteiger partial charge in [-0.2, -0.15) is 10.2 Å². The molecule has 14 nitrogen and oxygen atoms in total. The molecule has 2 heterocycles. The molecule has 0 amide bonds. The Balaban J connectivity index is 1.90. The minimum atomic E-state index is -1.81. The lowest BCUT2D eigenvalue weighted by molar-refractivity contribution is -0.301. The van der Waals surface area contributed by atoms with Crippen molar-refractivity contribution in [2.45, 2.75) is 149 Å². The normalized spacial score (nSPS) is 37.0. The summed E-state index contributed by atoms with van der Waals surface area (Å²) in [5.41, 5.74) is 0.971. The highest BCUT2D eigenvalue weighted by atomic mass is 16.7. The molecule has 14 heteroatoms. The fourth-order valence-corrected chi connectivity index (χ4v) is 9.01. The first kappa shape index (κ1) is 48.7. The summed E-state index contributed by atoms with van der Waals surface area (Å²) in [5, 5.41) is 36.8. The molecule has 2 aromatic rings. The maximum absolute atomic E-state index is 14.1. The van der Waals surface area contributed by atoms with E-state index in [2.05, 4.69) is 5.18 Å². The number of benzene rings is 2. The summed E-state index contributed by atoms with van der Waals surface area (Å²) >= 11 is 0. The van der Waals surface area contributed by atoms with Gasteiger partial charge in [0.25, 0.3) is 0 Å². The summed E-state index contributed by atoms with van der Waals surface area (Å²) in [6.45, 7) is 17.1. The third kappa shape index (κ3) is 10.9. The van der Waals surface area contributed by atoms with Crippen molar-refractivity contribution >= 4 is 23.4 Å². The van der Waals surface area contributed by atoms with Gasteiger partial charge in [0.05, 0.1) is 35.5 Å². The number of esters is 2. The van der Waals surface area contributed by atoms with Crippen molar-refractivity contribution in [3.8, 4) is 11.1 Å². The van der Waals surface area contributed by atoms with Gasteiger partial charge < -0.3 is 38.8 Å². The monoisotopic (exact) mass is 836 g/mol. The zero-order valence-corrected chi connectivity index (χ0v) is 37.7. The van der Waals surface area contributed by atoms with E-state index >= 15 is 0 Å². The van der Waals surface area contributed by atoms with Gasteiger partial charge in [0, 0.05) is 37.6 Å². The molecule has 2 saturated heterocycles. The van der Waals surface area contributed by atoms with Crippen molar-refractivity contribution in [1.82, 2.24) is 4.90 Å². The average Bonchev–Trinajstić information content (AvgIpc) is 3.23. The van der Waals surface area contributed by atoms with Gasteiger partial charge in [-0.25, -0.2) is 0 Å². The Bertz CT molecular complexity index is 1810. The second-order valence-corrected chi connectivity index (χ2v) is 17.5. The van der Waals surface area contributed by atoms with Crippen molar-refractivity contribution in [3.63, 3.8) is 0 Å². The van der Waals surface area contributed by atoms with E-state index in [1.807, 2.05) is 101 Å². The minimum absolute atomic E-state index is 0.145. The number of hydrogen-bond acceptors (Lipinski definition) is 14. The first-order valence-electron chi connectivity index (χ1n) is 21.1. The van der Waals surface area contributed by atoms with Crippen molar-refractivity contribution in [2.75, 3.05) is 21.2 Å². The zero-order chi connectivity index (χ0) is 44.7. The lowest BCUT2D eigenvalue weighted by atomic mass is 9.73.